The average molecular weight is 380 g/mol. The molecule has 2 aromatic rings. The molecule has 2 heterocycles. The van der Waals surface area contributed by atoms with Gasteiger partial charge < -0.3 is 14.6 Å². The topological polar surface area (TPSA) is 62.6 Å². The maximum absolute atomic E-state index is 13.5. The molecule has 1 unspecified atom stereocenters. The molecule has 0 saturated heterocycles. The van der Waals surface area contributed by atoms with Gasteiger partial charge in [-0.05, 0) is 43.5 Å². The lowest BCUT2D eigenvalue weighted by Gasteiger charge is -2.44. The quantitative estimate of drug-likeness (QED) is 0.813. The van der Waals surface area contributed by atoms with Gasteiger partial charge in [-0.3, -0.25) is 9.59 Å². The first kappa shape index (κ1) is 18.8. The summed E-state index contributed by atoms with van der Waals surface area (Å²) in [7, 11) is 0. The minimum atomic E-state index is -0.940. The van der Waals surface area contributed by atoms with Gasteiger partial charge in [-0.15, -0.1) is 0 Å². The number of benzene rings is 1. The lowest BCUT2D eigenvalue weighted by molar-refractivity contribution is -0.133. The molecule has 148 valence electrons. The van der Waals surface area contributed by atoms with E-state index in [9.17, 15) is 9.59 Å². The van der Waals surface area contributed by atoms with Gasteiger partial charge >= 0.3 is 0 Å². The van der Waals surface area contributed by atoms with Gasteiger partial charge in [0.1, 0.15) is 11.3 Å². The lowest BCUT2D eigenvalue weighted by Crippen LogP contribution is -2.63. The second-order valence-electron chi connectivity index (χ2n) is 8.24. The van der Waals surface area contributed by atoms with Gasteiger partial charge in [-0.1, -0.05) is 43.9 Å². The van der Waals surface area contributed by atoms with Crippen molar-refractivity contribution in [1.82, 2.24) is 10.2 Å². The SMILES string of the molecule is CC1(C(=O)NC2CCCCCC2)Cc2ccccc2C(=O)N1Cc1ccco1. The van der Waals surface area contributed by atoms with E-state index in [1.165, 1.54) is 12.8 Å². The van der Waals surface area contributed by atoms with Crippen LogP contribution in [-0.4, -0.2) is 28.3 Å². The van der Waals surface area contributed by atoms with Gasteiger partial charge in [-0.2, -0.15) is 0 Å². The third-order valence-electron chi connectivity index (χ3n) is 6.20. The summed E-state index contributed by atoms with van der Waals surface area (Å²) in [5.41, 5.74) is 0.667. The minimum absolute atomic E-state index is 0.0613. The van der Waals surface area contributed by atoms with Crippen LogP contribution in [0.4, 0.5) is 0 Å². The Labute approximate surface area is 166 Å². The summed E-state index contributed by atoms with van der Waals surface area (Å²) in [6.07, 6.45) is 8.92. The first-order chi connectivity index (χ1) is 13.6. The third kappa shape index (κ3) is 3.58. The minimum Gasteiger partial charge on any atom is -0.467 e. The maximum atomic E-state index is 13.5. The third-order valence-corrected chi connectivity index (χ3v) is 6.20. The molecule has 2 aliphatic rings. The molecule has 1 aliphatic carbocycles. The number of carbonyl (C=O) groups is 2. The van der Waals surface area contributed by atoms with E-state index in [4.69, 9.17) is 4.42 Å². The van der Waals surface area contributed by atoms with E-state index < -0.39 is 5.54 Å². The van der Waals surface area contributed by atoms with Crippen LogP contribution < -0.4 is 5.32 Å². The molecule has 1 aliphatic heterocycles. The second-order valence-corrected chi connectivity index (χ2v) is 8.24. The summed E-state index contributed by atoms with van der Waals surface area (Å²) < 4.78 is 5.49. The number of rotatable bonds is 4. The molecule has 0 spiro atoms. The van der Waals surface area contributed by atoms with Crippen molar-refractivity contribution < 1.29 is 14.0 Å². The summed E-state index contributed by atoms with van der Waals surface area (Å²) in [5.74, 6) is 0.506. The Balaban J connectivity index is 1.64. The van der Waals surface area contributed by atoms with Crippen molar-refractivity contribution in [3.8, 4) is 0 Å². The molecule has 1 atom stereocenters. The van der Waals surface area contributed by atoms with Crippen LogP contribution in [0, 0.1) is 0 Å². The molecular formula is C23H28N2O3. The second kappa shape index (κ2) is 7.82. The van der Waals surface area contributed by atoms with Crippen molar-refractivity contribution in [2.24, 2.45) is 0 Å². The fraction of sp³-hybridized carbons (Fsp3) is 0.478. The van der Waals surface area contributed by atoms with Crippen molar-refractivity contribution in [3.63, 3.8) is 0 Å². The highest BCUT2D eigenvalue weighted by atomic mass is 16.3. The molecule has 2 amide bonds. The standard InChI is InChI=1S/C23H28N2O3/c1-23(22(27)24-18-10-4-2-3-5-11-18)15-17-9-6-7-13-20(17)21(26)25(23)16-19-12-8-14-28-19/h6-9,12-14,18H,2-5,10-11,15-16H2,1H3,(H,24,27). The number of carbonyl (C=O) groups excluding carboxylic acids is 2. The number of hydrogen-bond donors (Lipinski definition) is 1. The molecule has 1 saturated carbocycles. The number of nitrogens with one attached hydrogen (secondary N) is 1. The molecule has 4 rings (SSSR count). The van der Waals surface area contributed by atoms with Crippen molar-refractivity contribution in [1.29, 1.82) is 0 Å². The molecule has 0 radical (unpaired) electrons. The highest BCUT2D eigenvalue weighted by Gasteiger charge is 2.47. The Kier molecular flexibility index (Phi) is 5.25. The van der Waals surface area contributed by atoms with Gasteiger partial charge in [0, 0.05) is 18.0 Å². The van der Waals surface area contributed by atoms with Crippen LogP contribution >= 0.6 is 0 Å². The molecule has 0 bridgehead atoms. The van der Waals surface area contributed by atoms with Crippen LogP contribution in [0.2, 0.25) is 0 Å². The Morgan fingerprint density at radius 1 is 1.14 bits per heavy atom. The van der Waals surface area contributed by atoms with Crippen LogP contribution in [0.25, 0.3) is 0 Å². The van der Waals surface area contributed by atoms with E-state index >= 15 is 0 Å². The maximum Gasteiger partial charge on any atom is 0.255 e. The summed E-state index contributed by atoms with van der Waals surface area (Å²) >= 11 is 0. The molecule has 28 heavy (non-hydrogen) atoms. The summed E-state index contributed by atoms with van der Waals surface area (Å²) in [5, 5.41) is 3.27. The van der Waals surface area contributed by atoms with Crippen LogP contribution in [0.5, 0.6) is 0 Å². The molecule has 5 nitrogen and oxygen atoms in total. The molecule has 1 aromatic heterocycles. The van der Waals surface area contributed by atoms with Gasteiger partial charge in [0.25, 0.3) is 5.91 Å². The Morgan fingerprint density at radius 3 is 2.61 bits per heavy atom. The van der Waals surface area contributed by atoms with Crippen molar-refractivity contribution >= 4 is 11.8 Å². The van der Waals surface area contributed by atoms with Crippen molar-refractivity contribution in [3.05, 3.63) is 59.5 Å². The van der Waals surface area contributed by atoms with Gasteiger partial charge in [0.2, 0.25) is 5.91 Å². The van der Waals surface area contributed by atoms with Crippen molar-refractivity contribution in [2.75, 3.05) is 0 Å². The molecule has 1 N–H and O–H groups in total. The molecular weight excluding hydrogens is 352 g/mol. The molecule has 1 aromatic carbocycles. The number of furan rings is 1. The zero-order chi connectivity index (χ0) is 19.6. The van der Waals surface area contributed by atoms with E-state index in [2.05, 4.69) is 5.32 Å². The van der Waals surface area contributed by atoms with Crippen LogP contribution in [0.1, 0.15) is 67.1 Å². The number of hydrogen-bond acceptors (Lipinski definition) is 3. The Morgan fingerprint density at radius 2 is 1.89 bits per heavy atom. The van der Waals surface area contributed by atoms with E-state index in [0.29, 0.717) is 17.7 Å². The predicted octanol–water partition coefficient (Wildman–Crippen LogP) is 4.08. The Hall–Kier alpha value is -2.56. The van der Waals surface area contributed by atoms with Gasteiger partial charge in [0.05, 0.1) is 12.8 Å². The van der Waals surface area contributed by atoms with Crippen LogP contribution in [0.15, 0.2) is 47.1 Å². The van der Waals surface area contributed by atoms with E-state index in [1.54, 1.807) is 17.2 Å². The number of fused-ring (bicyclic) bond motifs is 1. The van der Waals surface area contributed by atoms with Gasteiger partial charge in [-0.25, -0.2) is 0 Å². The molecule has 5 heteroatoms. The van der Waals surface area contributed by atoms with Crippen molar-refractivity contribution in [2.45, 2.75) is 70.0 Å². The number of amides is 2. The van der Waals surface area contributed by atoms with E-state index in [0.717, 1.165) is 31.2 Å². The fourth-order valence-electron chi connectivity index (χ4n) is 4.49. The summed E-state index contributed by atoms with van der Waals surface area (Å²) in [6, 6.07) is 11.4. The predicted molar refractivity (Wildman–Crippen MR) is 107 cm³/mol. The molecule has 1 fully saturated rings. The normalized spacial score (nSPS) is 23.2. The van der Waals surface area contributed by atoms with Crippen LogP contribution in [-0.2, 0) is 17.8 Å². The zero-order valence-electron chi connectivity index (χ0n) is 16.4. The van der Waals surface area contributed by atoms with Gasteiger partial charge in [0.15, 0.2) is 0 Å². The average Bonchev–Trinajstić information content (AvgIpc) is 3.08. The lowest BCUT2D eigenvalue weighted by atomic mass is 9.82. The van der Waals surface area contributed by atoms with E-state index in [-0.39, 0.29) is 24.4 Å². The fourth-order valence-corrected chi connectivity index (χ4v) is 4.49. The first-order valence-corrected chi connectivity index (χ1v) is 10.3. The smallest absolute Gasteiger partial charge is 0.255 e. The monoisotopic (exact) mass is 380 g/mol. The van der Waals surface area contributed by atoms with E-state index in [1.807, 2.05) is 37.3 Å². The largest absolute Gasteiger partial charge is 0.467 e. The Bertz CT molecular complexity index is 837. The first-order valence-electron chi connectivity index (χ1n) is 10.3. The summed E-state index contributed by atoms with van der Waals surface area (Å²) in [4.78, 5) is 28.5. The highest BCUT2D eigenvalue weighted by molar-refractivity contribution is 6.02. The number of nitrogens with zero attached hydrogens (tertiary/aromatic N) is 1. The summed E-state index contributed by atoms with van der Waals surface area (Å²) in [6.45, 7) is 2.17. The van der Waals surface area contributed by atoms with Crippen LogP contribution in [0.3, 0.4) is 0 Å². The highest BCUT2D eigenvalue weighted by Crippen LogP contribution is 2.33. The zero-order valence-corrected chi connectivity index (χ0v) is 16.4.